The molecule has 1 heterocycles. The molecule has 0 saturated carbocycles. The van der Waals surface area contributed by atoms with E-state index in [1.807, 2.05) is 18.2 Å². The fraction of sp³-hybridized carbons (Fsp3) is 0.0909. The molecule has 1 aliphatic carbocycles. The van der Waals surface area contributed by atoms with Gasteiger partial charge in [-0.25, -0.2) is 0 Å². The first-order chi connectivity index (χ1) is 18.0. The maximum Gasteiger partial charge on any atom is 0.131 e. The van der Waals surface area contributed by atoms with Crippen LogP contribution in [-0.4, -0.2) is 0 Å². The van der Waals surface area contributed by atoms with Crippen molar-refractivity contribution in [2.45, 2.75) is 19.3 Å². The van der Waals surface area contributed by atoms with Crippen LogP contribution in [0.25, 0.3) is 27.3 Å². The highest BCUT2D eigenvalue weighted by Crippen LogP contribution is 2.54. The summed E-state index contributed by atoms with van der Waals surface area (Å²) in [6.45, 7) is 4.50. The van der Waals surface area contributed by atoms with Gasteiger partial charge in [0, 0.05) is 32.2 Å². The molecule has 4 heteroatoms. The highest BCUT2D eigenvalue weighted by molar-refractivity contribution is 7.16. The monoisotopic (exact) mass is 493 g/mol. The number of hydrogen-bond donors (Lipinski definition) is 0. The molecule has 0 unspecified atom stereocenters. The summed E-state index contributed by atoms with van der Waals surface area (Å²) in [5.41, 5.74) is 7.00. The van der Waals surface area contributed by atoms with Crippen molar-refractivity contribution in [3.8, 4) is 22.6 Å². The van der Waals surface area contributed by atoms with E-state index >= 15 is 0 Å². The van der Waals surface area contributed by atoms with E-state index < -0.39 is 0 Å². The molecule has 6 rings (SSSR count). The van der Waals surface area contributed by atoms with E-state index in [-0.39, 0.29) is 11.0 Å². The highest BCUT2D eigenvalue weighted by Gasteiger charge is 2.37. The average Bonchev–Trinajstić information content (AvgIpc) is 3.44. The van der Waals surface area contributed by atoms with E-state index in [1.165, 1.54) is 32.3 Å². The lowest BCUT2D eigenvalue weighted by molar-refractivity contribution is 0.662. The first kappa shape index (κ1) is 22.8. The summed E-state index contributed by atoms with van der Waals surface area (Å²) in [6.07, 6.45) is 1.68. The van der Waals surface area contributed by atoms with Crippen LogP contribution in [0.2, 0.25) is 0 Å². The van der Waals surface area contributed by atoms with E-state index in [2.05, 4.69) is 110 Å². The molecule has 1 aliphatic rings. The van der Waals surface area contributed by atoms with E-state index in [0.29, 0.717) is 0 Å². The minimum absolute atomic E-state index is 0.127. The van der Waals surface area contributed by atoms with Crippen LogP contribution in [0.3, 0.4) is 0 Å². The third kappa shape index (κ3) is 3.80. The SMILES string of the molecule is CC1(C)c2cc(N(c3ccccc3)c3ccc4ccccc4c3)ccc2-c2sc(C=C(C#N)C#N)cc21. The van der Waals surface area contributed by atoms with Crippen molar-refractivity contribution < 1.29 is 0 Å². The predicted octanol–water partition coefficient (Wildman–Crippen LogP) is 9.11. The van der Waals surface area contributed by atoms with Gasteiger partial charge >= 0.3 is 0 Å². The quantitative estimate of drug-likeness (QED) is 0.235. The van der Waals surface area contributed by atoms with Gasteiger partial charge in [-0.15, -0.1) is 11.3 Å². The summed E-state index contributed by atoms with van der Waals surface area (Å²) in [4.78, 5) is 4.47. The molecule has 1 aromatic heterocycles. The Hall–Kier alpha value is -4.64. The van der Waals surface area contributed by atoms with Crippen LogP contribution in [-0.2, 0) is 5.41 Å². The number of fused-ring (bicyclic) bond motifs is 4. The van der Waals surface area contributed by atoms with Crippen molar-refractivity contribution in [2.24, 2.45) is 0 Å². The molecule has 0 fully saturated rings. The number of para-hydroxylation sites is 1. The molecule has 176 valence electrons. The van der Waals surface area contributed by atoms with Crippen molar-refractivity contribution in [1.29, 1.82) is 10.5 Å². The standard InChI is InChI=1S/C33H23N3S/c1-33(2)30-18-27(14-15-29(30)32-31(33)19-28(37-32)16-22(20-34)21-35)36(25-10-4-3-5-11-25)26-13-12-23-8-6-7-9-24(23)17-26/h3-19H,1-2H3. The fourth-order valence-electron chi connectivity index (χ4n) is 5.25. The third-order valence-corrected chi connectivity index (χ3v) is 8.25. The summed E-state index contributed by atoms with van der Waals surface area (Å²) >= 11 is 1.64. The maximum atomic E-state index is 9.18. The third-order valence-electron chi connectivity index (χ3n) is 7.14. The Kier molecular flexibility index (Phi) is 5.41. The Morgan fingerprint density at radius 2 is 1.41 bits per heavy atom. The maximum absolute atomic E-state index is 9.18. The second-order valence-corrected chi connectivity index (χ2v) is 10.8. The smallest absolute Gasteiger partial charge is 0.131 e. The number of nitrogens with zero attached hydrogens (tertiary/aromatic N) is 3. The summed E-state index contributed by atoms with van der Waals surface area (Å²) in [7, 11) is 0. The number of allylic oxidation sites excluding steroid dienone is 1. The first-order valence-electron chi connectivity index (χ1n) is 12.1. The van der Waals surface area contributed by atoms with Gasteiger partial charge < -0.3 is 4.90 Å². The minimum atomic E-state index is -0.200. The van der Waals surface area contributed by atoms with E-state index in [0.717, 1.165) is 21.9 Å². The lowest BCUT2D eigenvalue weighted by Crippen LogP contribution is -2.16. The number of thiophene rings is 1. The van der Waals surface area contributed by atoms with Gasteiger partial charge in [0.2, 0.25) is 0 Å². The van der Waals surface area contributed by atoms with Gasteiger partial charge in [-0.2, -0.15) is 10.5 Å². The number of nitriles is 2. The molecular weight excluding hydrogens is 470 g/mol. The van der Waals surface area contributed by atoms with Gasteiger partial charge in [0.15, 0.2) is 0 Å². The number of benzene rings is 4. The average molecular weight is 494 g/mol. The van der Waals surface area contributed by atoms with Crippen LogP contribution in [0.4, 0.5) is 17.1 Å². The number of hydrogen-bond acceptors (Lipinski definition) is 4. The van der Waals surface area contributed by atoms with Gasteiger partial charge in [-0.05, 0) is 76.0 Å². The second-order valence-electron chi connectivity index (χ2n) is 9.73. The molecule has 0 saturated heterocycles. The van der Waals surface area contributed by atoms with Crippen molar-refractivity contribution in [1.82, 2.24) is 0 Å². The minimum Gasteiger partial charge on any atom is -0.310 e. The Morgan fingerprint density at radius 3 is 2.16 bits per heavy atom. The normalized spacial score (nSPS) is 12.8. The van der Waals surface area contributed by atoms with Gasteiger partial charge in [0.25, 0.3) is 0 Å². The first-order valence-corrected chi connectivity index (χ1v) is 13.0. The molecular formula is C33H23N3S. The molecule has 37 heavy (non-hydrogen) atoms. The number of rotatable bonds is 4. The van der Waals surface area contributed by atoms with Crippen LogP contribution < -0.4 is 4.90 Å². The molecule has 0 bridgehead atoms. The lowest BCUT2D eigenvalue weighted by atomic mass is 9.82. The van der Waals surface area contributed by atoms with Gasteiger partial charge in [-0.1, -0.05) is 68.4 Å². The van der Waals surface area contributed by atoms with Crippen LogP contribution in [0.5, 0.6) is 0 Å². The molecule has 0 N–H and O–H groups in total. The van der Waals surface area contributed by atoms with Gasteiger partial charge in [0.05, 0.1) is 0 Å². The van der Waals surface area contributed by atoms with E-state index in [4.69, 9.17) is 0 Å². The van der Waals surface area contributed by atoms with Crippen LogP contribution in [0.1, 0.15) is 29.9 Å². The zero-order valence-electron chi connectivity index (χ0n) is 20.6. The Bertz CT molecular complexity index is 1760. The second kappa shape index (κ2) is 8.79. The molecule has 0 atom stereocenters. The van der Waals surface area contributed by atoms with Crippen molar-refractivity contribution >= 4 is 45.2 Å². The zero-order chi connectivity index (χ0) is 25.6. The molecule has 5 aromatic rings. The summed E-state index contributed by atoms with van der Waals surface area (Å²) in [5, 5.41) is 20.8. The molecule has 4 aromatic carbocycles. The molecule has 0 radical (unpaired) electrons. The lowest BCUT2D eigenvalue weighted by Gasteiger charge is -2.28. The molecule has 0 aliphatic heterocycles. The van der Waals surface area contributed by atoms with Crippen LogP contribution in [0, 0.1) is 22.7 Å². The summed E-state index contributed by atoms with van der Waals surface area (Å²) in [5.74, 6) is 0. The Labute approximate surface area is 220 Å². The van der Waals surface area contributed by atoms with Crippen molar-refractivity contribution in [2.75, 3.05) is 4.90 Å². The highest BCUT2D eigenvalue weighted by atomic mass is 32.1. The summed E-state index contributed by atoms with van der Waals surface area (Å²) < 4.78 is 0. The van der Waals surface area contributed by atoms with Gasteiger partial charge in [0.1, 0.15) is 17.7 Å². The molecule has 3 nitrogen and oxygen atoms in total. The van der Waals surface area contributed by atoms with E-state index in [1.54, 1.807) is 17.4 Å². The zero-order valence-corrected chi connectivity index (χ0v) is 21.4. The fourth-order valence-corrected chi connectivity index (χ4v) is 6.55. The number of anilines is 3. The predicted molar refractivity (Wildman–Crippen MR) is 153 cm³/mol. The van der Waals surface area contributed by atoms with Crippen LogP contribution in [0.15, 0.2) is 103 Å². The van der Waals surface area contributed by atoms with Gasteiger partial charge in [-0.3, -0.25) is 0 Å². The van der Waals surface area contributed by atoms with E-state index in [9.17, 15) is 10.5 Å². The molecule has 0 amide bonds. The topological polar surface area (TPSA) is 50.8 Å². The van der Waals surface area contributed by atoms with Crippen LogP contribution >= 0.6 is 11.3 Å². The Morgan fingerprint density at radius 1 is 0.730 bits per heavy atom. The van der Waals surface area contributed by atoms with Crippen molar-refractivity contribution in [3.63, 3.8) is 0 Å². The Balaban J connectivity index is 1.49. The van der Waals surface area contributed by atoms with Crippen molar-refractivity contribution in [3.05, 3.63) is 119 Å². The largest absolute Gasteiger partial charge is 0.310 e. The summed E-state index contributed by atoms with van der Waals surface area (Å²) in [6, 6.07) is 38.3. The molecule has 0 spiro atoms.